The van der Waals surface area contributed by atoms with Crippen LogP contribution in [0.25, 0.3) is 11.0 Å². The van der Waals surface area contributed by atoms with E-state index < -0.39 is 0 Å². The first kappa shape index (κ1) is 19.5. The van der Waals surface area contributed by atoms with Crippen LogP contribution in [0.3, 0.4) is 0 Å². The Morgan fingerprint density at radius 3 is 2.34 bits per heavy atom. The molecule has 0 N–H and O–H groups in total. The fraction of sp³-hybridized carbons (Fsp3) is 0.381. The Morgan fingerprint density at radius 1 is 1.00 bits per heavy atom. The standard InChI is InChI=1S/C21H24ClN5O2/c1-2-26-16-6-3-4-7-17(16)27(21(26)29)11-10-20(28)25-14-12-24(13-15-25)19-9-5-8-18(22)23-19/h3-9H,2,10-15H2,1H3. The van der Waals surface area contributed by atoms with E-state index in [1.54, 1.807) is 15.2 Å². The normalized spacial score (nSPS) is 14.6. The molecule has 0 unspecified atom stereocenters. The van der Waals surface area contributed by atoms with Gasteiger partial charge in [-0.05, 0) is 31.2 Å². The van der Waals surface area contributed by atoms with Crippen molar-refractivity contribution in [2.45, 2.75) is 26.4 Å². The van der Waals surface area contributed by atoms with Gasteiger partial charge in [0.05, 0.1) is 11.0 Å². The number of piperazine rings is 1. The lowest BCUT2D eigenvalue weighted by Crippen LogP contribution is -2.49. The number of anilines is 1. The fourth-order valence-electron chi connectivity index (χ4n) is 3.92. The zero-order valence-electron chi connectivity index (χ0n) is 16.4. The molecular formula is C21H24ClN5O2. The van der Waals surface area contributed by atoms with Gasteiger partial charge in [0.1, 0.15) is 11.0 Å². The topological polar surface area (TPSA) is 63.4 Å². The number of para-hydroxylation sites is 2. The van der Waals surface area contributed by atoms with Crippen LogP contribution in [0.1, 0.15) is 13.3 Å². The molecule has 1 aliphatic rings. The summed E-state index contributed by atoms with van der Waals surface area (Å²) in [4.78, 5) is 33.8. The molecule has 0 atom stereocenters. The van der Waals surface area contributed by atoms with Crippen LogP contribution in [0.15, 0.2) is 47.3 Å². The predicted molar refractivity (Wildman–Crippen MR) is 115 cm³/mol. The quantitative estimate of drug-likeness (QED) is 0.603. The number of amides is 1. The zero-order chi connectivity index (χ0) is 20.4. The highest BCUT2D eigenvalue weighted by molar-refractivity contribution is 6.29. The van der Waals surface area contributed by atoms with Crippen molar-refractivity contribution in [1.82, 2.24) is 19.0 Å². The summed E-state index contributed by atoms with van der Waals surface area (Å²) in [6.07, 6.45) is 0.313. The van der Waals surface area contributed by atoms with Crippen LogP contribution < -0.4 is 10.6 Å². The van der Waals surface area contributed by atoms with Gasteiger partial charge in [-0.15, -0.1) is 0 Å². The summed E-state index contributed by atoms with van der Waals surface area (Å²) < 4.78 is 3.46. The summed E-state index contributed by atoms with van der Waals surface area (Å²) >= 11 is 5.98. The van der Waals surface area contributed by atoms with E-state index in [-0.39, 0.29) is 11.6 Å². The average molecular weight is 414 g/mol. The first-order valence-electron chi connectivity index (χ1n) is 9.92. The first-order valence-corrected chi connectivity index (χ1v) is 10.3. The van der Waals surface area contributed by atoms with Crippen LogP contribution >= 0.6 is 11.6 Å². The molecule has 0 radical (unpaired) electrons. The lowest BCUT2D eigenvalue weighted by atomic mass is 10.2. The first-order chi connectivity index (χ1) is 14.1. The zero-order valence-corrected chi connectivity index (χ0v) is 17.2. The average Bonchev–Trinajstić information content (AvgIpc) is 3.02. The molecule has 1 fully saturated rings. The number of hydrogen-bond acceptors (Lipinski definition) is 4. The van der Waals surface area contributed by atoms with Gasteiger partial charge < -0.3 is 9.80 Å². The molecule has 3 heterocycles. The van der Waals surface area contributed by atoms with E-state index in [0.717, 1.165) is 16.9 Å². The Labute approximate surface area is 174 Å². The SMILES string of the molecule is CCn1c(=O)n(CCC(=O)N2CCN(c3cccc(Cl)n3)CC2)c2ccccc21. The number of nitrogens with zero attached hydrogens (tertiary/aromatic N) is 5. The number of hydrogen-bond donors (Lipinski definition) is 0. The minimum atomic E-state index is -0.0571. The van der Waals surface area contributed by atoms with E-state index in [0.29, 0.717) is 50.8 Å². The monoisotopic (exact) mass is 413 g/mol. The minimum Gasteiger partial charge on any atom is -0.353 e. The highest BCUT2D eigenvalue weighted by Crippen LogP contribution is 2.17. The molecule has 0 aliphatic carbocycles. The Hall–Kier alpha value is -2.80. The third-order valence-corrected chi connectivity index (χ3v) is 5.66. The van der Waals surface area contributed by atoms with Gasteiger partial charge in [0.2, 0.25) is 5.91 Å². The third-order valence-electron chi connectivity index (χ3n) is 5.45. The summed E-state index contributed by atoms with van der Waals surface area (Å²) in [6, 6.07) is 13.3. The third kappa shape index (κ3) is 3.87. The highest BCUT2D eigenvalue weighted by atomic mass is 35.5. The van der Waals surface area contributed by atoms with Crippen molar-refractivity contribution in [3.05, 3.63) is 58.1 Å². The molecule has 4 rings (SSSR count). The van der Waals surface area contributed by atoms with Gasteiger partial charge in [0, 0.05) is 45.7 Å². The molecule has 0 saturated carbocycles. The highest BCUT2D eigenvalue weighted by Gasteiger charge is 2.22. The minimum absolute atomic E-state index is 0.0571. The van der Waals surface area contributed by atoms with Crippen molar-refractivity contribution in [1.29, 1.82) is 0 Å². The molecule has 1 amide bonds. The van der Waals surface area contributed by atoms with Crippen molar-refractivity contribution in [3.8, 4) is 0 Å². The smallest absolute Gasteiger partial charge is 0.329 e. The van der Waals surface area contributed by atoms with E-state index in [1.807, 2.05) is 48.2 Å². The van der Waals surface area contributed by atoms with Crippen molar-refractivity contribution < 1.29 is 4.79 Å². The van der Waals surface area contributed by atoms with E-state index in [9.17, 15) is 9.59 Å². The van der Waals surface area contributed by atoms with E-state index in [1.165, 1.54) is 0 Å². The van der Waals surface area contributed by atoms with Crippen LogP contribution in [-0.2, 0) is 17.9 Å². The number of pyridine rings is 1. The van der Waals surface area contributed by atoms with Gasteiger partial charge in [0.15, 0.2) is 0 Å². The molecule has 29 heavy (non-hydrogen) atoms. The van der Waals surface area contributed by atoms with Crippen molar-refractivity contribution >= 4 is 34.4 Å². The Bertz CT molecular complexity index is 1080. The second kappa shape index (κ2) is 8.29. The second-order valence-corrected chi connectivity index (χ2v) is 7.49. The van der Waals surface area contributed by atoms with Gasteiger partial charge in [-0.3, -0.25) is 13.9 Å². The van der Waals surface area contributed by atoms with E-state index in [2.05, 4.69) is 9.88 Å². The molecule has 1 saturated heterocycles. The summed E-state index contributed by atoms with van der Waals surface area (Å²) in [5.74, 6) is 0.910. The van der Waals surface area contributed by atoms with Crippen LogP contribution in [-0.4, -0.2) is 51.1 Å². The second-order valence-electron chi connectivity index (χ2n) is 7.10. The van der Waals surface area contributed by atoms with Gasteiger partial charge in [-0.1, -0.05) is 29.8 Å². The van der Waals surface area contributed by atoms with Crippen molar-refractivity contribution in [3.63, 3.8) is 0 Å². The van der Waals surface area contributed by atoms with E-state index >= 15 is 0 Å². The molecule has 2 aromatic heterocycles. The maximum atomic E-state index is 12.7. The van der Waals surface area contributed by atoms with Crippen LogP contribution in [0.2, 0.25) is 5.15 Å². The number of benzene rings is 1. The lowest BCUT2D eigenvalue weighted by molar-refractivity contribution is -0.131. The van der Waals surface area contributed by atoms with Crippen LogP contribution in [0.4, 0.5) is 5.82 Å². The molecule has 1 aromatic carbocycles. The number of rotatable bonds is 5. The van der Waals surface area contributed by atoms with Gasteiger partial charge in [-0.25, -0.2) is 9.78 Å². The van der Waals surface area contributed by atoms with Gasteiger partial charge in [0.25, 0.3) is 0 Å². The molecule has 3 aromatic rings. The molecule has 0 spiro atoms. The number of fused-ring (bicyclic) bond motifs is 1. The number of imidazole rings is 1. The summed E-state index contributed by atoms with van der Waals surface area (Å²) in [5.41, 5.74) is 1.73. The molecule has 8 heteroatoms. The molecule has 7 nitrogen and oxygen atoms in total. The maximum Gasteiger partial charge on any atom is 0.329 e. The fourth-order valence-corrected chi connectivity index (χ4v) is 4.08. The van der Waals surface area contributed by atoms with Gasteiger partial charge >= 0.3 is 5.69 Å². The number of aryl methyl sites for hydroxylation is 2. The molecule has 0 bridgehead atoms. The van der Waals surface area contributed by atoms with Crippen LogP contribution in [0, 0.1) is 0 Å². The lowest BCUT2D eigenvalue weighted by Gasteiger charge is -2.35. The number of carbonyl (C=O) groups excluding carboxylic acids is 1. The van der Waals surface area contributed by atoms with Crippen molar-refractivity contribution in [2.75, 3.05) is 31.1 Å². The van der Waals surface area contributed by atoms with E-state index in [4.69, 9.17) is 11.6 Å². The van der Waals surface area contributed by atoms with Crippen molar-refractivity contribution in [2.24, 2.45) is 0 Å². The Kier molecular flexibility index (Phi) is 5.58. The van der Waals surface area contributed by atoms with Crippen LogP contribution in [0.5, 0.6) is 0 Å². The van der Waals surface area contributed by atoms with Gasteiger partial charge in [-0.2, -0.15) is 0 Å². The summed E-state index contributed by atoms with van der Waals surface area (Å²) in [5, 5.41) is 0.470. The molecular weight excluding hydrogens is 390 g/mol. The number of carbonyl (C=O) groups is 1. The molecule has 152 valence electrons. The predicted octanol–water partition coefficient (Wildman–Crippen LogP) is 2.61. The Balaban J connectivity index is 1.40. The summed E-state index contributed by atoms with van der Waals surface area (Å²) in [6.45, 7) is 5.66. The molecule has 1 aliphatic heterocycles. The largest absolute Gasteiger partial charge is 0.353 e. The number of halogens is 1. The maximum absolute atomic E-state index is 12.7. The Morgan fingerprint density at radius 2 is 1.69 bits per heavy atom. The summed E-state index contributed by atoms with van der Waals surface area (Å²) in [7, 11) is 0. The number of aromatic nitrogens is 3.